The van der Waals surface area contributed by atoms with Gasteiger partial charge in [0.05, 0.1) is 6.61 Å². The molecule has 0 saturated carbocycles. The van der Waals surface area contributed by atoms with Crippen LogP contribution in [0.3, 0.4) is 0 Å². The number of hydrogen-bond donors (Lipinski definition) is 2. The molecule has 4 heteroatoms. The van der Waals surface area contributed by atoms with Gasteiger partial charge in [-0.1, -0.05) is 109 Å². The molecule has 0 spiro atoms. The maximum Gasteiger partial charge on any atom is 0.345 e. The maximum atomic E-state index is 11.9. The summed E-state index contributed by atoms with van der Waals surface area (Å²) in [7, 11) is 0. The fourth-order valence-electron chi connectivity index (χ4n) is 3.62. The maximum absolute atomic E-state index is 11.9. The Morgan fingerprint density at radius 3 is 1.48 bits per heavy atom. The van der Waals surface area contributed by atoms with Crippen molar-refractivity contribution in [1.29, 1.82) is 0 Å². The number of hydrogen-bond acceptors (Lipinski definition) is 4. The highest BCUT2D eigenvalue weighted by atomic mass is 16.5. The van der Waals surface area contributed by atoms with Crippen molar-refractivity contribution < 1.29 is 19.7 Å². The van der Waals surface area contributed by atoms with E-state index in [-0.39, 0.29) is 17.1 Å². The Morgan fingerprint density at radius 2 is 1.07 bits per heavy atom. The van der Waals surface area contributed by atoms with Gasteiger partial charge in [0, 0.05) is 0 Å². The highest BCUT2D eigenvalue weighted by Crippen LogP contribution is 2.27. The van der Waals surface area contributed by atoms with Crippen molar-refractivity contribution in [3.05, 3.63) is 23.8 Å². The first-order chi connectivity index (χ1) is 14.2. The molecule has 0 aliphatic rings. The van der Waals surface area contributed by atoms with E-state index in [1.807, 2.05) is 0 Å². The van der Waals surface area contributed by atoms with Crippen LogP contribution in [0, 0.1) is 0 Å². The van der Waals surface area contributed by atoms with Crippen LogP contribution in [0.25, 0.3) is 0 Å². The van der Waals surface area contributed by atoms with Crippen LogP contribution in [0.4, 0.5) is 0 Å². The summed E-state index contributed by atoms with van der Waals surface area (Å²) in [6, 6.07) is 4.22. The van der Waals surface area contributed by atoms with E-state index in [4.69, 9.17) is 4.74 Å². The number of aromatic hydroxyl groups is 2. The molecule has 1 rings (SSSR count). The molecule has 2 N–H and O–H groups in total. The minimum atomic E-state index is -0.665. The van der Waals surface area contributed by atoms with Gasteiger partial charge in [0.2, 0.25) is 0 Å². The van der Waals surface area contributed by atoms with Crippen molar-refractivity contribution in [3.8, 4) is 11.5 Å². The van der Waals surface area contributed by atoms with Crippen LogP contribution in [-0.2, 0) is 4.74 Å². The van der Waals surface area contributed by atoms with Crippen molar-refractivity contribution in [2.45, 2.75) is 110 Å². The lowest BCUT2D eigenvalue weighted by Gasteiger charge is -2.08. The normalized spacial score (nSPS) is 10.9. The molecule has 1 aromatic carbocycles. The third-order valence-electron chi connectivity index (χ3n) is 5.46. The van der Waals surface area contributed by atoms with E-state index < -0.39 is 5.97 Å². The zero-order chi connectivity index (χ0) is 21.2. The molecule has 0 heterocycles. The number of phenolic OH excluding ortho intramolecular Hbond substituents is 2. The Kier molecular flexibility index (Phi) is 15.0. The zero-order valence-corrected chi connectivity index (χ0v) is 18.5. The Balaban J connectivity index is 1.85. The van der Waals surface area contributed by atoms with E-state index in [1.165, 1.54) is 102 Å². The van der Waals surface area contributed by atoms with Gasteiger partial charge >= 0.3 is 5.97 Å². The van der Waals surface area contributed by atoms with Gasteiger partial charge in [0.25, 0.3) is 0 Å². The molecular formula is C25H42O4. The van der Waals surface area contributed by atoms with E-state index in [0.717, 1.165) is 19.3 Å². The molecule has 166 valence electrons. The van der Waals surface area contributed by atoms with Gasteiger partial charge in [-0.05, 0) is 18.6 Å². The minimum absolute atomic E-state index is 0.149. The second kappa shape index (κ2) is 17.2. The third-order valence-corrected chi connectivity index (χ3v) is 5.46. The molecule has 0 saturated heterocycles. The van der Waals surface area contributed by atoms with E-state index in [2.05, 4.69) is 6.92 Å². The molecule has 0 unspecified atom stereocenters. The number of carbonyl (C=O) groups excluding carboxylic acids is 1. The summed E-state index contributed by atoms with van der Waals surface area (Å²) < 4.78 is 5.15. The van der Waals surface area contributed by atoms with Crippen LogP contribution in [0.1, 0.15) is 120 Å². The predicted octanol–water partition coefficient (Wildman–Crippen LogP) is 7.52. The summed E-state index contributed by atoms with van der Waals surface area (Å²) in [5.41, 5.74) is -0.149. The van der Waals surface area contributed by atoms with E-state index in [0.29, 0.717) is 6.61 Å². The van der Waals surface area contributed by atoms with Crippen molar-refractivity contribution in [1.82, 2.24) is 0 Å². The molecule has 0 atom stereocenters. The van der Waals surface area contributed by atoms with Gasteiger partial charge < -0.3 is 14.9 Å². The van der Waals surface area contributed by atoms with Gasteiger partial charge in [0.1, 0.15) is 17.1 Å². The monoisotopic (exact) mass is 406 g/mol. The quantitative estimate of drug-likeness (QED) is 0.195. The van der Waals surface area contributed by atoms with Gasteiger partial charge in [0.15, 0.2) is 0 Å². The summed E-state index contributed by atoms with van der Waals surface area (Å²) in [5.74, 6) is -1.16. The van der Waals surface area contributed by atoms with Crippen LogP contribution in [0.2, 0.25) is 0 Å². The molecule has 0 amide bonds. The number of rotatable bonds is 18. The third kappa shape index (κ3) is 12.5. The number of unbranched alkanes of at least 4 members (excludes halogenated alkanes) is 15. The minimum Gasteiger partial charge on any atom is -0.507 e. The average Bonchev–Trinajstić information content (AvgIpc) is 2.70. The standard InChI is InChI=1S/C25H42O4/c1-2-3-4-5-6-7-8-9-10-11-12-13-14-15-16-17-21-29-25(28)24-22(26)19-18-20-23(24)27/h18-20,26-27H,2-17,21H2,1H3. The molecule has 29 heavy (non-hydrogen) atoms. The summed E-state index contributed by atoms with van der Waals surface area (Å²) in [5, 5.41) is 19.3. The second-order valence-corrected chi connectivity index (χ2v) is 8.11. The lowest BCUT2D eigenvalue weighted by Crippen LogP contribution is -2.07. The van der Waals surface area contributed by atoms with Crippen molar-refractivity contribution >= 4 is 5.97 Å². The van der Waals surface area contributed by atoms with Crippen molar-refractivity contribution in [2.75, 3.05) is 6.61 Å². The SMILES string of the molecule is CCCCCCCCCCCCCCCCCCOC(=O)c1c(O)cccc1O. The van der Waals surface area contributed by atoms with Gasteiger partial charge in [-0.2, -0.15) is 0 Å². The zero-order valence-electron chi connectivity index (χ0n) is 18.5. The lowest BCUT2D eigenvalue weighted by molar-refractivity contribution is 0.0491. The number of esters is 1. The molecule has 0 aliphatic heterocycles. The molecule has 1 aromatic rings. The molecule has 4 nitrogen and oxygen atoms in total. The van der Waals surface area contributed by atoms with E-state index in [9.17, 15) is 15.0 Å². The first-order valence-corrected chi connectivity index (χ1v) is 11.8. The number of carbonyl (C=O) groups is 1. The Bertz CT molecular complexity index is 521. The first kappa shape index (κ1) is 25.3. The summed E-state index contributed by atoms with van der Waals surface area (Å²) >= 11 is 0. The average molecular weight is 407 g/mol. The topological polar surface area (TPSA) is 66.8 Å². The predicted molar refractivity (Wildman–Crippen MR) is 120 cm³/mol. The smallest absolute Gasteiger partial charge is 0.345 e. The molecule has 0 bridgehead atoms. The summed E-state index contributed by atoms with van der Waals surface area (Å²) in [6.45, 7) is 2.59. The Morgan fingerprint density at radius 1 is 0.690 bits per heavy atom. The first-order valence-electron chi connectivity index (χ1n) is 11.8. The van der Waals surface area contributed by atoms with Gasteiger partial charge in [-0.3, -0.25) is 0 Å². The van der Waals surface area contributed by atoms with Crippen LogP contribution >= 0.6 is 0 Å². The number of phenols is 2. The van der Waals surface area contributed by atoms with Crippen LogP contribution in [0.15, 0.2) is 18.2 Å². The van der Waals surface area contributed by atoms with Crippen LogP contribution in [-0.4, -0.2) is 22.8 Å². The number of ether oxygens (including phenoxy) is 1. The highest BCUT2D eigenvalue weighted by molar-refractivity contribution is 5.95. The summed E-state index contributed by atoms with van der Waals surface area (Å²) in [6.07, 6.45) is 20.8. The largest absolute Gasteiger partial charge is 0.507 e. The molecule has 0 aliphatic carbocycles. The summed E-state index contributed by atoms with van der Waals surface area (Å²) in [4.78, 5) is 11.9. The van der Waals surface area contributed by atoms with Gasteiger partial charge in [-0.15, -0.1) is 0 Å². The fourth-order valence-corrected chi connectivity index (χ4v) is 3.62. The van der Waals surface area contributed by atoms with Crippen molar-refractivity contribution in [3.63, 3.8) is 0 Å². The number of benzene rings is 1. The van der Waals surface area contributed by atoms with E-state index >= 15 is 0 Å². The Labute approximate surface area is 177 Å². The Hall–Kier alpha value is -1.71. The van der Waals surface area contributed by atoms with Crippen molar-refractivity contribution in [2.24, 2.45) is 0 Å². The fraction of sp³-hybridized carbons (Fsp3) is 0.720. The molecule has 0 aromatic heterocycles. The molecular weight excluding hydrogens is 364 g/mol. The van der Waals surface area contributed by atoms with Gasteiger partial charge in [-0.25, -0.2) is 4.79 Å². The molecule has 0 radical (unpaired) electrons. The van der Waals surface area contributed by atoms with E-state index in [1.54, 1.807) is 0 Å². The van der Waals surface area contributed by atoms with Crippen LogP contribution < -0.4 is 0 Å². The second-order valence-electron chi connectivity index (χ2n) is 8.11. The van der Waals surface area contributed by atoms with Crippen LogP contribution in [0.5, 0.6) is 11.5 Å². The molecule has 0 fully saturated rings. The lowest BCUT2D eigenvalue weighted by atomic mass is 10.0. The highest BCUT2D eigenvalue weighted by Gasteiger charge is 2.17.